The van der Waals surface area contributed by atoms with E-state index in [0.29, 0.717) is 5.11 Å². The van der Waals surface area contributed by atoms with Gasteiger partial charge in [0, 0.05) is 23.6 Å². The van der Waals surface area contributed by atoms with E-state index in [1.54, 1.807) is 12.4 Å². The first-order valence-corrected chi connectivity index (χ1v) is 6.23. The molecule has 0 aliphatic rings. The van der Waals surface area contributed by atoms with Crippen molar-refractivity contribution in [3.63, 3.8) is 0 Å². The molecule has 0 atom stereocenters. The van der Waals surface area contributed by atoms with Gasteiger partial charge in [-0.05, 0) is 43.4 Å². The Balaban J connectivity index is 1.93. The molecule has 0 saturated heterocycles. The number of pyridine rings is 1. The number of hydrogen-bond acceptors (Lipinski definition) is 3. The fourth-order valence-corrected chi connectivity index (χ4v) is 1.64. The summed E-state index contributed by atoms with van der Waals surface area (Å²) in [6.07, 6.45) is 3.46. The molecule has 96 valence electrons. The molecule has 0 radical (unpaired) electrons. The van der Waals surface area contributed by atoms with Crippen molar-refractivity contribution in [2.24, 2.45) is 5.10 Å². The maximum absolute atomic E-state index is 5.16. The van der Waals surface area contributed by atoms with Crippen molar-refractivity contribution in [1.29, 1.82) is 0 Å². The Labute approximate surface area is 117 Å². The molecule has 19 heavy (non-hydrogen) atoms. The molecule has 2 rings (SSSR count). The third-order valence-corrected chi connectivity index (χ3v) is 2.65. The Morgan fingerprint density at radius 2 is 1.79 bits per heavy atom. The van der Waals surface area contributed by atoms with Crippen LogP contribution in [0.25, 0.3) is 0 Å². The molecule has 0 unspecified atom stereocenters. The van der Waals surface area contributed by atoms with Gasteiger partial charge in [-0.15, -0.1) is 0 Å². The number of hydrazone groups is 1. The summed E-state index contributed by atoms with van der Waals surface area (Å²) < 4.78 is 0. The molecule has 2 N–H and O–H groups in total. The number of aromatic nitrogens is 1. The highest BCUT2D eigenvalue weighted by Gasteiger charge is 1.98. The Morgan fingerprint density at radius 3 is 2.47 bits per heavy atom. The van der Waals surface area contributed by atoms with E-state index >= 15 is 0 Å². The summed E-state index contributed by atoms with van der Waals surface area (Å²) in [7, 11) is 0. The predicted molar refractivity (Wildman–Crippen MR) is 82.2 cm³/mol. The van der Waals surface area contributed by atoms with Crippen molar-refractivity contribution >= 4 is 28.7 Å². The summed E-state index contributed by atoms with van der Waals surface area (Å²) in [6, 6.07) is 13.5. The van der Waals surface area contributed by atoms with Gasteiger partial charge in [0.25, 0.3) is 0 Å². The smallest absolute Gasteiger partial charge is 0.191 e. The van der Waals surface area contributed by atoms with Crippen LogP contribution in [0, 0.1) is 0 Å². The molecule has 4 nitrogen and oxygen atoms in total. The van der Waals surface area contributed by atoms with Gasteiger partial charge in [-0.3, -0.25) is 10.4 Å². The highest BCUT2D eigenvalue weighted by Crippen LogP contribution is 2.04. The van der Waals surface area contributed by atoms with Crippen molar-refractivity contribution in [2.75, 3.05) is 5.32 Å². The van der Waals surface area contributed by atoms with Crippen LogP contribution in [0.2, 0.25) is 0 Å². The number of nitrogens with zero attached hydrogens (tertiary/aromatic N) is 2. The number of rotatable bonds is 3. The molecular formula is C14H14N4S. The van der Waals surface area contributed by atoms with Gasteiger partial charge in [0.05, 0.1) is 5.71 Å². The summed E-state index contributed by atoms with van der Waals surface area (Å²) in [5, 5.41) is 7.73. The van der Waals surface area contributed by atoms with Crippen LogP contribution in [0.5, 0.6) is 0 Å². The second-order valence-electron chi connectivity index (χ2n) is 3.87. The standard InChI is InChI=1S/C14H14N4S/c1-11(12-7-9-15-10-8-12)17-18-14(19)16-13-5-3-2-4-6-13/h2-10H,1H3,(H2,16,18,19)/b17-11+. The summed E-state index contributed by atoms with van der Waals surface area (Å²) >= 11 is 5.16. The lowest BCUT2D eigenvalue weighted by molar-refractivity contribution is 1.04. The van der Waals surface area contributed by atoms with E-state index in [1.807, 2.05) is 49.4 Å². The highest BCUT2D eigenvalue weighted by atomic mass is 32.1. The fraction of sp³-hybridized carbons (Fsp3) is 0.0714. The lowest BCUT2D eigenvalue weighted by atomic mass is 10.2. The highest BCUT2D eigenvalue weighted by molar-refractivity contribution is 7.80. The molecule has 0 fully saturated rings. The van der Waals surface area contributed by atoms with E-state index in [-0.39, 0.29) is 0 Å². The van der Waals surface area contributed by atoms with E-state index < -0.39 is 0 Å². The topological polar surface area (TPSA) is 49.3 Å². The first-order chi connectivity index (χ1) is 9.25. The molecule has 0 amide bonds. The summed E-state index contributed by atoms with van der Waals surface area (Å²) in [6.45, 7) is 1.91. The third kappa shape index (κ3) is 4.15. The molecule has 0 spiro atoms. The van der Waals surface area contributed by atoms with Crippen molar-refractivity contribution in [3.05, 3.63) is 60.4 Å². The van der Waals surface area contributed by atoms with Crippen LogP contribution in [-0.4, -0.2) is 15.8 Å². The molecule has 0 bridgehead atoms. The summed E-state index contributed by atoms with van der Waals surface area (Å²) in [4.78, 5) is 3.97. The minimum absolute atomic E-state index is 0.458. The van der Waals surface area contributed by atoms with E-state index in [1.165, 1.54) is 0 Å². The molecule has 1 heterocycles. The second kappa shape index (κ2) is 6.61. The first-order valence-electron chi connectivity index (χ1n) is 5.82. The molecule has 0 aliphatic carbocycles. The maximum atomic E-state index is 5.16. The molecule has 2 aromatic rings. The van der Waals surface area contributed by atoms with Crippen LogP contribution in [0.15, 0.2) is 60.0 Å². The van der Waals surface area contributed by atoms with Gasteiger partial charge < -0.3 is 5.32 Å². The average molecular weight is 270 g/mol. The fourth-order valence-electron chi connectivity index (χ4n) is 1.47. The molecule has 1 aromatic carbocycles. The molecular weight excluding hydrogens is 256 g/mol. The Kier molecular flexibility index (Phi) is 4.58. The van der Waals surface area contributed by atoms with Crippen LogP contribution in [0.1, 0.15) is 12.5 Å². The largest absolute Gasteiger partial charge is 0.331 e. The van der Waals surface area contributed by atoms with Crippen LogP contribution < -0.4 is 10.7 Å². The van der Waals surface area contributed by atoms with Crippen molar-refractivity contribution in [3.8, 4) is 0 Å². The average Bonchev–Trinajstić information content (AvgIpc) is 2.47. The number of hydrogen-bond donors (Lipinski definition) is 2. The minimum atomic E-state index is 0.458. The monoisotopic (exact) mass is 270 g/mol. The summed E-state index contributed by atoms with van der Waals surface area (Å²) in [5.41, 5.74) is 5.60. The normalized spacial score (nSPS) is 10.9. The predicted octanol–water partition coefficient (Wildman–Crippen LogP) is 2.79. The zero-order chi connectivity index (χ0) is 13.5. The molecule has 0 saturated carbocycles. The Bertz CT molecular complexity index is 567. The van der Waals surface area contributed by atoms with Crippen molar-refractivity contribution in [1.82, 2.24) is 10.4 Å². The van der Waals surface area contributed by atoms with Gasteiger partial charge >= 0.3 is 0 Å². The van der Waals surface area contributed by atoms with Gasteiger partial charge in [-0.25, -0.2) is 0 Å². The zero-order valence-electron chi connectivity index (χ0n) is 10.5. The van der Waals surface area contributed by atoms with Crippen molar-refractivity contribution < 1.29 is 0 Å². The number of para-hydroxylation sites is 1. The molecule has 1 aromatic heterocycles. The van der Waals surface area contributed by atoms with Gasteiger partial charge in [-0.1, -0.05) is 18.2 Å². The number of anilines is 1. The number of nitrogens with one attached hydrogen (secondary N) is 2. The second-order valence-corrected chi connectivity index (χ2v) is 4.27. The lowest BCUT2D eigenvalue weighted by Crippen LogP contribution is -2.24. The quantitative estimate of drug-likeness (QED) is 0.511. The van der Waals surface area contributed by atoms with Crippen LogP contribution in [-0.2, 0) is 0 Å². The van der Waals surface area contributed by atoms with Crippen LogP contribution in [0.4, 0.5) is 5.69 Å². The Morgan fingerprint density at radius 1 is 1.11 bits per heavy atom. The molecule has 5 heteroatoms. The SMILES string of the molecule is C/C(=N\NC(=S)Nc1ccccc1)c1ccncc1. The summed E-state index contributed by atoms with van der Waals surface area (Å²) in [5.74, 6) is 0. The zero-order valence-corrected chi connectivity index (χ0v) is 11.3. The van der Waals surface area contributed by atoms with E-state index in [9.17, 15) is 0 Å². The van der Waals surface area contributed by atoms with Crippen LogP contribution >= 0.6 is 12.2 Å². The van der Waals surface area contributed by atoms with Gasteiger partial charge in [0.1, 0.15) is 0 Å². The van der Waals surface area contributed by atoms with Crippen LogP contribution in [0.3, 0.4) is 0 Å². The van der Waals surface area contributed by atoms with E-state index in [2.05, 4.69) is 20.8 Å². The maximum Gasteiger partial charge on any atom is 0.191 e. The van der Waals surface area contributed by atoms with Gasteiger partial charge in [0.2, 0.25) is 0 Å². The number of thiocarbonyl (C=S) groups is 1. The van der Waals surface area contributed by atoms with E-state index in [4.69, 9.17) is 12.2 Å². The molecule has 0 aliphatic heterocycles. The number of benzene rings is 1. The first kappa shape index (κ1) is 13.2. The van der Waals surface area contributed by atoms with Crippen molar-refractivity contribution in [2.45, 2.75) is 6.92 Å². The minimum Gasteiger partial charge on any atom is -0.331 e. The lowest BCUT2D eigenvalue weighted by Gasteiger charge is -2.07. The van der Waals surface area contributed by atoms with E-state index in [0.717, 1.165) is 17.0 Å². The van der Waals surface area contributed by atoms with Gasteiger partial charge in [-0.2, -0.15) is 5.10 Å². The van der Waals surface area contributed by atoms with Gasteiger partial charge in [0.15, 0.2) is 5.11 Å². The Hall–Kier alpha value is -2.27. The third-order valence-electron chi connectivity index (χ3n) is 2.45.